The number of carbonyl (C=O) groups excluding carboxylic acids is 3. The molecule has 1 aliphatic heterocycles. The molecule has 0 aromatic heterocycles. The van der Waals surface area contributed by atoms with Crippen molar-refractivity contribution in [3.8, 4) is 11.5 Å². The fraction of sp³-hybridized carbons (Fsp3) is 0.528. The van der Waals surface area contributed by atoms with Gasteiger partial charge < -0.3 is 35.4 Å². The summed E-state index contributed by atoms with van der Waals surface area (Å²) in [5, 5.41) is 37.8. The van der Waals surface area contributed by atoms with E-state index in [0.717, 1.165) is 32.1 Å². The molecular formula is C36H50N2O8. The van der Waals surface area contributed by atoms with E-state index in [4.69, 9.17) is 9.47 Å². The summed E-state index contributed by atoms with van der Waals surface area (Å²) in [5.41, 5.74) is 1.19. The summed E-state index contributed by atoms with van der Waals surface area (Å²) < 4.78 is 11.3. The molecule has 1 aliphatic carbocycles. The summed E-state index contributed by atoms with van der Waals surface area (Å²) in [5.74, 6) is -1.90. The predicted molar refractivity (Wildman–Crippen MR) is 177 cm³/mol. The smallest absolute Gasteiger partial charge is 0.328 e. The molecule has 2 unspecified atom stereocenters. The Labute approximate surface area is 272 Å². The van der Waals surface area contributed by atoms with Crippen molar-refractivity contribution in [3.05, 3.63) is 65.8 Å². The standard InChI is InChI=1S/C36H50N2O8/c1-23-14-13-17-27-20-28(39)21-30(34(27)42)38-32(40)22-29(45-4)18-11-6-5-7-12-19-31(24(2)33(23)41)46-36(44)25(3)37-35(43)26-15-9-8-10-16-26/h5-7,11-12,14,18,20-21,24-26,29,31,33,39,41-42H,8-10,13,15-17,19,22H2,1-4H3,(H,37,43)(H,38,40)/b6-5-,12-7?,18-11-,23-14-/t24-,25+,29?,31?,33-/m0/s1. The fourth-order valence-electron chi connectivity index (χ4n) is 5.76. The number of hydrogen-bond donors (Lipinski definition) is 5. The number of anilines is 1. The summed E-state index contributed by atoms with van der Waals surface area (Å²) in [7, 11) is 1.49. The molecular weight excluding hydrogens is 588 g/mol. The van der Waals surface area contributed by atoms with Crippen LogP contribution in [0.25, 0.3) is 0 Å². The second-order valence-corrected chi connectivity index (χ2v) is 12.3. The van der Waals surface area contributed by atoms with Gasteiger partial charge >= 0.3 is 5.97 Å². The number of aliphatic hydroxyl groups is 1. The molecule has 252 valence electrons. The predicted octanol–water partition coefficient (Wildman–Crippen LogP) is 5.39. The second kappa shape index (κ2) is 18.3. The molecule has 1 fully saturated rings. The number of amides is 2. The fourth-order valence-corrected chi connectivity index (χ4v) is 5.76. The average molecular weight is 639 g/mol. The van der Waals surface area contributed by atoms with Gasteiger partial charge in [-0.1, -0.05) is 68.7 Å². The number of carbonyl (C=O) groups is 3. The van der Waals surface area contributed by atoms with Crippen LogP contribution in [0.1, 0.15) is 77.7 Å². The lowest BCUT2D eigenvalue weighted by molar-refractivity contribution is -0.156. The zero-order valence-corrected chi connectivity index (χ0v) is 27.4. The Kier molecular flexibility index (Phi) is 14.6. The second-order valence-electron chi connectivity index (χ2n) is 12.3. The van der Waals surface area contributed by atoms with E-state index in [-0.39, 0.29) is 35.4 Å². The van der Waals surface area contributed by atoms with Crippen LogP contribution in [0, 0.1) is 11.8 Å². The zero-order valence-electron chi connectivity index (χ0n) is 27.4. The van der Waals surface area contributed by atoms with E-state index in [9.17, 15) is 29.7 Å². The molecule has 10 heteroatoms. The molecule has 0 saturated heterocycles. The van der Waals surface area contributed by atoms with E-state index >= 15 is 0 Å². The Balaban J connectivity index is 1.82. The molecule has 10 nitrogen and oxygen atoms in total. The lowest BCUT2D eigenvalue weighted by Gasteiger charge is -2.29. The van der Waals surface area contributed by atoms with Crippen molar-refractivity contribution >= 4 is 23.5 Å². The molecule has 3 rings (SSSR count). The van der Waals surface area contributed by atoms with Crippen molar-refractivity contribution in [2.45, 2.75) is 103 Å². The maximum Gasteiger partial charge on any atom is 0.328 e. The van der Waals surface area contributed by atoms with E-state index < -0.39 is 42.1 Å². The largest absolute Gasteiger partial charge is 0.508 e. The number of benzene rings is 1. The van der Waals surface area contributed by atoms with Crippen molar-refractivity contribution < 1.29 is 39.2 Å². The molecule has 1 aromatic rings. The molecule has 5 atom stereocenters. The Bertz CT molecular complexity index is 1310. The number of rotatable bonds is 5. The quantitative estimate of drug-likeness (QED) is 0.125. The normalized spacial score (nSPS) is 27.2. The van der Waals surface area contributed by atoms with Gasteiger partial charge in [-0.3, -0.25) is 9.59 Å². The van der Waals surface area contributed by atoms with E-state index in [1.54, 1.807) is 44.2 Å². The van der Waals surface area contributed by atoms with E-state index in [0.29, 0.717) is 30.4 Å². The molecule has 2 bridgehead atoms. The third-order valence-corrected chi connectivity index (χ3v) is 8.69. The van der Waals surface area contributed by atoms with Crippen LogP contribution in [0.3, 0.4) is 0 Å². The molecule has 2 amide bonds. The lowest BCUT2D eigenvalue weighted by atomic mass is 9.88. The SMILES string of the molecule is COC1/C=C\C=C/C=CCC(OC(=O)[C@@H](C)NC(=O)C2CCCCC2)[C@H](C)[C@@H](O)/C(C)=C\CCc2cc(O)cc(c2O)NC(=O)C1. The number of phenolic OH excluding ortho intramolecular Hbond substituents is 2. The van der Waals surface area contributed by atoms with E-state index in [1.807, 2.05) is 19.1 Å². The van der Waals surface area contributed by atoms with Gasteiger partial charge in [-0.2, -0.15) is 0 Å². The number of phenols is 2. The summed E-state index contributed by atoms with van der Waals surface area (Å²) in [6.45, 7) is 5.22. The number of aliphatic hydroxyl groups excluding tert-OH is 1. The Morgan fingerprint density at radius 2 is 1.78 bits per heavy atom. The van der Waals surface area contributed by atoms with Gasteiger partial charge in [-0.25, -0.2) is 4.79 Å². The van der Waals surface area contributed by atoms with E-state index in [2.05, 4.69) is 10.6 Å². The maximum absolute atomic E-state index is 13.1. The van der Waals surface area contributed by atoms with Crippen LogP contribution < -0.4 is 10.6 Å². The maximum atomic E-state index is 13.1. The third-order valence-electron chi connectivity index (χ3n) is 8.69. The third kappa shape index (κ3) is 11.2. The highest BCUT2D eigenvalue weighted by Crippen LogP contribution is 2.34. The molecule has 46 heavy (non-hydrogen) atoms. The van der Waals surface area contributed by atoms with Crippen LogP contribution in [-0.2, 0) is 30.3 Å². The molecule has 2 aliphatic rings. The van der Waals surface area contributed by atoms with Crippen LogP contribution in [0.2, 0.25) is 0 Å². The zero-order chi connectivity index (χ0) is 33.6. The van der Waals surface area contributed by atoms with Crippen LogP contribution in [0.15, 0.2) is 60.2 Å². The Morgan fingerprint density at radius 3 is 2.50 bits per heavy atom. The first-order valence-corrected chi connectivity index (χ1v) is 16.2. The first-order chi connectivity index (χ1) is 22.0. The monoisotopic (exact) mass is 638 g/mol. The number of nitrogens with one attached hydrogen (secondary N) is 2. The number of aryl methyl sites for hydroxylation is 1. The van der Waals surface area contributed by atoms with Crippen LogP contribution in [0.5, 0.6) is 11.5 Å². The molecule has 1 heterocycles. The van der Waals surface area contributed by atoms with Gasteiger partial charge in [-0.05, 0) is 56.7 Å². The van der Waals surface area contributed by atoms with Gasteiger partial charge in [0.05, 0.1) is 24.3 Å². The number of allylic oxidation sites excluding steroid dienone is 5. The number of hydrogen-bond acceptors (Lipinski definition) is 8. The average Bonchev–Trinajstić information content (AvgIpc) is 3.04. The highest BCUT2D eigenvalue weighted by molar-refractivity contribution is 5.93. The number of aromatic hydroxyl groups is 2. The van der Waals surface area contributed by atoms with Crippen molar-refractivity contribution in [1.29, 1.82) is 0 Å². The molecule has 0 radical (unpaired) electrons. The van der Waals surface area contributed by atoms with Gasteiger partial charge in [-0.15, -0.1) is 0 Å². The van der Waals surface area contributed by atoms with Crippen LogP contribution >= 0.6 is 0 Å². The highest BCUT2D eigenvalue weighted by atomic mass is 16.5. The molecule has 1 saturated carbocycles. The summed E-state index contributed by atoms with van der Waals surface area (Å²) >= 11 is 0. The number of ether oxygens (including phenoxy) is 2. The van der Waals surface area contributed by atoms with Crippen molar-refractivity contribution in [2.75, 3.05) is 12.4 Å². The minimum atomic E-state index is -0.940. The first kappa shape index (κ1) is 36.6. The van der Waals surface area contributed by atoms with Gasteiger partial charge in [0.2, 0.25) is 11.8 Å². The molecule has 0 spiro atoms. The molecule has 5 N–H and O–H groups in total. The molecule has 1 aromatic carbocycles. The summed E-state index contributed by atoms with van der Waals surface area (Å²) in [4.78, 5) is 38.6. The minimum absolute atomic E-state index is 0.00853. The number of esters is 1. The van der Waals surface area contributed by atoms with Gasteiger partial charge in [0.15, 0.2) is 0 Å². The minimum Gasteiger partial charge on any atom is -0.508 e. The van der Waals surface area contributed by atoms with Crippen LogP contribution in [0.4, 0.5) is 5.69 Å². The van der Waals surface area contributed by atoms with Crippen LogP contribution in [-0.4, -0.2) is 64.6 Å². The summed E-state index contributed by atoms with van der Waals surface area (Å²) in [6.07, 6.45) is 16.2. The summed E-state index contributed by atoms with van der Waals surface area (Å²) in [6, 6.07) is 1.89. The Morgan fingerprint density at radius 1 is 1.07 bits per heavy atom. The van der Waals surface area contributed by atoms with Gasteiger partial charge in [0.1, 0.15) is 23.6 Å². The highest BCUT2D eigenvalue weighted by Gasteiger charge is 2.31. The topological polar surface area (TPSA) is 154 Å². The van der Waals surface area contributed by atoms with Gasteiger partial charge in [0.25, 0.3) is 0 Å². The van der Waals surface area contributed by atoms with Crippen molar-refractivity contribution in [2.24, 2.45) is 11.8 Å². The van der Waals surface area contributed by atoms with Crippen molar-refractivity contribution in [1.82, 2.24) is 5.32 Å². The van der Waals surface area contributed by atoms with E-state index in [1.165, 1.54) is 19.2 Å². The first-order valence-electron chi connectivity index (χ1n) is 16.2. The van der Waals surface area contributed by atoms with Gasteiger partial charge in [0, 0.05) is 31.4 Å². The number of fused-ring (bicyclic) bond motifs is 2. The Hall–Kier alpha value is -3.89. The van der Waals surface area contributed by atoms with Crippen molar-refractivity contribution in [3.63, 3.8) is 0 Å². The number of methoxy groups -OCH3 is 1. The lowest BCUT2D eigenvalue weighted by Crippen LogP contribution is -2.45.